The Morgan fingerprint density at radius 1 is 0.436 bits per heavy atom. The predicted molar refractivity (Wildman–Crippen MR) is 227 cm³/mol. The molecule has 0 atom stereocenters. The molecule has 2 heterocycles. The number of nitrogens with zero attached hydrogens (tertiary/aromatic N) is 3. The minimum atomic E-state index is 0.0285. The topological polar surface area (TPSA) is 38.7 Å². The largest absolute Gasteiger partial charge is 0.208 e. The molecule has 0 amide bonds. The van der Waals surface area contributed by atoms with Crippen molar-refractivity contribution < 1.29 is 0 Å². The van der Waals surface area contributed by atoms with E-state index in [9.17, 15) is 0 Å². The van der Waals surface area contributed by atoms with Crippen LogP contribution < -0.4 is 0 Å². The highest BCUT2D eigenvalue weighted by molar-refractivity contribution is 7.25. The van der Waals surface area contributed by atoms with Crippen LogP contribution >= 0.6 is 11.3 Å². The summed E-state index contributed by atoms with van der Waals surface area (Å²) in [6, 6.07) is 51.5. The Hall–Kier alpha value is -5.71. The van der Waals surface area contributed by atoms with E-state index < -0.39 is 0 Å². The summed E-state index contributed by atoms with van der Waals surface area (Å²) in [5.41, 5.74) is 9.00. The number of hydrogen-bond donors (Lipinski definition) is 0. The van der Waals surface area contributed by atoms with Crippen molar-refractivity contribution in [3.63, 3.8) is 0 Å². The molecular formula is C51H37N3S. The molecular weight excluding hydrogens is 687 g/mol. The fourth-order valence-electron chi connectivity index (χ4n) is 12.1. The van der Waals surface area contributed by atoms with Gasteiger partial charge >= 0.3 is 0 Å². The van der Waals surface area contributed by atoms with Gasteiger partial charge in [-0.05, 0) is 130 Å². The lowest BCUT2D eigenvalue weighted by atomic mass is 9.43. The Balaban J connectivity index is 1.09. The van der Waals surface area contributed by atoms with Crippen LogP contribution in [0.2, 0.25) is 0 Å². The molecule has 14 rings (SSSR count). The Kier molecular flexibility index (Phi) is 6.22. The van der Waals surface area contributed by atoms with E-state index in [0.717, 1.165) is 34.4 Å². The summed E-state index contributed by atoms with van der Waals surface area (Å²) in [5.74, 6) is 5.26. The molecule has 4 heteroatoms. The molecule has 3 nitrogen and oxygen atoms in total. The van der Waals surface area contributed by atoms with E-state index in [-0.39, 0.29) is 5.41 Å². The fourth-order valence-corrected chi connectivity index (χ4v) is 13.2. The van der Waals surface area contributed by atoms with Crippen molar-refractivity contribution in [3.05, 3.63) is 151 Å². The van der Waals surface area contributed by atoms with E-state index in [2.05, 4.69) is 140 Å². The molecule has 9 aromatic rings. The van der Waals surface area contributed by atoms with Gasteiger partial charge in [0.05, 0.1) is 0 Å². The van der Waals surface area contributed by atoms with E-state index in [0.29, 0.717) is 23.5 Å². The Morgan fingerprint density at radius 2 is 1.04 bits per heavy atom. The number of hydrogen-bond acceptors (Lipinski definition) is 4. The van der Waals surface area contributed by atoms with Gasteiger partial charge in [-0.3, -0.25) is 0 Å². The van der Waals surface area contributed by atoms with Crippen molar-refractivity contribution in [1.82, 2.24) is 15.0 Å². The molecule has 0 saturated heterocycles. The molecule has 7 aromatic carbocycles. The van der Waals surface area contributed by atoms with Gasteiger partial charge in [-0.1, -0.05) is 109 Å². The second-order valence-corrected chi connectivity index (χ2v) is 17.9. The molecule has 1 spiro atoms. The van der Waals surface area contributed by atoms with Crippen molar-refractivity contribution in [2.75, 3.05) is 0 Å². The van der Waals surface area contributed by atoms with Crippen LogP contribution in [0.4, 0.5) is 0 Å². The van der Waals surface area contributed by atoms with Crippen LogP contribution in [-0.2, 0) is 5.41 Å². The Labute approximate surface area is 323 Å². The van der Waals surface area contributed by atoms with Crippen LogP contribution in [0.25, 0.3) is 87.0 Å². The summed E-state index contributed by atoms with van der Waals surface area (Å²) in [7, 11) is 0. The van der Waals surface area contributed by atoms with Crippen molar-refractivity contribution in [2.24, 2.45) is 23.7 Å². The SMILES string of the molecule is c1cc(-c2nc(-c3ccc4ccccc4c3)nc(-c3ccc4ccccc4c3)n2)c2c(c1)C1(c3cc4c(cc3-2)sc2ccccc24)C2CC3CC(C2)CC1C3. The lowest BCUT2D eigenvalue weighted by molar-refractivity contribution is -0.0398. The van der Waals surface area contributed by atoms with Crippen LogP contribution in [0, 0.1) is 23.7 Å². The third-order valence-electron chi connectivity index (χ3n) is 14.1. The molecule has 4 fully saturated rings. The maximum Gasteiger partial charge on any atom is 0.164 e. The van der Waals surface area contributed by atoms with Crippen LogP contribution in [0.1, 0.15) is 43.2 Å². The second-order valence-electron chi connectivity index (χ2n) is 16.8. The molecule has 2 aromatic heterocycles. The summed E-state index contributed by atoms with van der Waals surface area (Å²) in [5, 5.41) is 7.58. The molecule has 262 valence electrons. The van der Waals surface area contributed by atoms with Crippen molar-refractivity contribution in [1.29, 1.82) is 0 Å². The van der Waals surface area contributed by atoms with E-state index in [1.807, 2.05) is 11.3 Å². The first kappa shape index (κ1) is 30.6. The molecule has 4 saturated carbocycles. The Morgan fingerprint density at radius 3 is 1.71 bits per heavy atom. The number of aromatic nitrogens is 3. The zero-order valence-electron chi connectivity index (χ0n) is 30.4. The highest BCUT2D eigenvalue weighted by Crippen LogP contribution is 2.70. The summed E-state index contributed by atoms with van der Waals surface area (Å²) >= 11 is 1.93. The number of benzene rings is 7. The third-order valence-corrected chi connectivity index (χ3v) is 15.2. The van der Waals surface area contributed by atoms with Gasteiger partial charge in [0.1, 0.15) is 0 Å². The highest BCUT2D eigenvalue weighted by atomic mass is 32.1. The van der Waals surface area contributed by atoms with Gasteiger partial charge in [0.15, 0.2) is 17.5 Å². The zero-order chi connectivity index (χ0) is 35.8. The molecule has 0 unspecified atom stereocenters. The molecule has 0 aliphatic heterocycles. The van der Waals surface area contributed by atoms with Gasteiger partial charge in [0.25, 0.3) is 0 Å². The Bertz CT molecular complexity index is 2960. The van der Waals surface area contributed by atoms with Crippen LogP contribution in [0.3, 0.4) is 0 Å². The smallest absolute Gasteiger partial charge is 0.164 e. The first-order valence-electron chi connectivity index (χ1n) is 20.0. The monoisotopic (exact) mass is 723 g/mol. The van der Waals surface area contributed by atoms with Gasteiger partial charge in [-0.25, -0.2) is 15.0 Å². The first-order chi connectivity index (χ1) is 27.2. The van der Waals surface area contributed by atoms with E-state index >= 15 is 0 Å². The molecule has 0 N–H and O–H groups in total. The number of fused-ring (bicyclic) bond motifs is 8. The molecule has 0 radical (unpaired) electrons. The minimum Gasteiger partial charge on any atom is -0.208 e. The summed E-state index contributed by atoms with van der Waals surface area (Å²) in [4.78, 5) is 16.1. The predicted octanol–water partition coefficient (Wildman–Crippen LogP) is 13.3. The van der Waals surface area contributed by atoms with E-state index in [1.165, 1.54) is 90.5 Å². The first-order valence-corrected chi connectivity index (χ1v) is 20.8. The number of rotatable bonds is 3. The quantitative estimate of drug-likeness (QED) is 0.182. The highest BCUT2D eigenvalue weighted by Gasteiger charge is 2.62. The average Bonchev–Trinajstić information content (AvgIpc) is 3.74. The summed E-state index contributed by atoms with van der Waals surface area (Å²) < 4.78 is 2.73. The van der Waals surface area contributed by atoms with Crippen LogP contribution in [-0.4, -0.2) is 15.0 Å². The maximum absolute atomic E-state index is 5.42. The van der Waals surface area contributed by atoms with Gasteiger partial charge < -0.3 is 0 Å². The number of thiophene rings is 1. The van der Waals surface area contributed by atoms with Crippen molar-refractivity contribution in [3.8, 4) is 45.3 Å². The zero-order valence-corrected chi connectivity index (χ0v) is 31.2. The van der Waals surface area contributed by atoms with Gasteiger partial charge in [-0.2, -0.15) is 0 Å². The lowest BCUT2D eigenvalue weighted by Crippen LogP contribution is -2.55. The third kappa shape index (κ3) is 4.29. The summed E-state index contributed by atoms with van der Waals surface area (Å²) in [6.07, 6.45) is 6.84. The average molecular weight is 724 g/mol. The lowest BCUT2D eigenvalue weighted by Gasteiger charge is -2.61. The minimum absolute atomic E-state index is 0.0285. The maximum atomic E-state index is 5.42. The van der Waals surface area contributed by atoms with Crippen molar-refractivity contribution >= 4 is 53.1 Å². The van der Waals surface area contributed by atoms with Gasteiger partial charge in [0, 0.05) is 42.3 Å². The van der Waals surface area contributed by atoms with E-state index in [4.69, 9.17) is 15.0 Å². The van der Waals surface area contributed by atoms with E-state index in [1.54, 1.807) is 5.56 Å². The molecule has 4 bridgehead atoms. The molecule has 5 aliphatic carbocycles. The van der Waals surface area contributed by atoms with Gasteiger partial charge in [-0.15, -0.1) is 11.3 Å². The van der Waals surface area contributed by atoms with Crippen LogP contribution in [0.15, 0.2) is 140 Å². The fraction of sp³-hybridized carbons (Fsp3) is 0.196. The van der Waals surface area contributed by atoms with Gasteiger partial charge in [0.2, 0.25) is 0 Å². The van der Waals surface area contributed by atoms with Crippen LogP contribution in [0.5, 0.6) is 0 Å². The molecule has 55 heavy (non-hydrogen) atoms. The van der Waals surface area contributed by atoms with Crippen molar-refractivity contribution in [2.45, 2.75) is 37.5 Å². The normalized spacial score (nSPS) is 23.3. The standard InChI is InChI=1S/C51H37N3S/c1-3-10-33-25-35(18-16-31(33)8-1)48-52-49(36-19-17-32-9-2-4-11-34(32)26-36)54-50(53-48)40-13-7-14-43-47(40)42-28-46-41(39-12-5-6-15-45(39)55-46)27-44(42)51(43)37-21-29-20-30(23-37)24-38(51)22-29/h1-19,25-30,37-38H,20-24H2. The molecule has 5 aliphatic rings. The second kappa shape index (κ2) is 11.2. The summed E-state index contributed by atoms with van der Waals surface area (Å²) in [6.45, 7) is 0.